The minimum absolute atomic E-state index is 0.186. The number of aliphatic carboxylic acids is 1. The van der Waals surface area contributed by atoms with Crippen molar-refractivity contribution in [1.29, 1.82) is 0 Å². The van der Waals surface area contributed by atoms with Crippen LogP contribution in [-0.4, -0.2) is 29.6 Å². The van der Waals surface area contributed by atoms with Gasteiger partial charge in [0.2, 0.25) is 5.91 Å². The highest BCUT2D eigenvalue weighted by molar-refractivity contribution is 5.88. The van der Waals surface area contributed by atoms with Crippen molar-refractivity contribution in [1.82, 2.24) is 5.32 Å². The Balaban J connectivity index is 1.60. The van der Waals surface area contributed by atoms with Crippen molar-refractivity contribution in [2.45, 2.75) is 19.1 Å². The van der Waals surface area contributed by atoms with Gasteiger partial charge in [-0.2, -0.15) is 0 Å². The number of benzene rings is 3. The maximum Gasteiger partial charge on any atom is 0.326 e. The lowest BCUT2D eigenvalue weighted by Crippen LogP contribution is -2.43. The number of hydrogen-bond donors (Lipinski definition) is 2. The molecule has 5 nitrogen and oxygen atoms in total. The summed E-state index contributed by atoms with van der Waals surface area (Å²) in [4.78, 5) is 23.7. The van der Waals surface area contributed by atoms with Gasteiger partial charge in [-0.3, -0.25) is 4.79 Å². The summed E-state index contributed by atoms with van der Waals surface area (Å²) in [5.74, 6) is -1.52. The minimum Gasteiger partial charge on any atom is -0.480 e. The largest absolute Gasteiger partial charge is 0.480 e. The van der Waals surface area contributed by atoms with Crippen molar-refractivity contribution in [3.05, 3.63) is 83.9 Å². The third-order valence-electron chi connectivity index (χ3n) is 4.28. The molecule has 0 spiro atoms. The number of nitrogens with one attached hydrogen (secondary N) is 1. The lowest BCUT2D eigenvalue weighted by molar-refractivity contribution is -0.142. The van der Waals surface area contributed by atoms with Gasteiger partial charge in [-0.25, -0.2) is 4.79 Å². The molecule has 0 fully saturated rings. The van der Waals surface area contributed by atoms with Gasteiger partial charge in [0.15, 0.2) is 0 Å². The highest BCUT2D eigenvalue weighted by Crippen LogP contribution is 2.19. The van der Waals surface area contributed by atoms with Crippen molar-refractivity contribution < 1.29 is 19.4 Å². The van der Waals surface area contributed by atoms with Crippen LogP contribution in [0.3, 0.4) is 0 Å². The number of rotatable bonds is 8. The zero-order valence-corrected chi connectivity index (χ0v) is 14.8. The Labute approximate surface area is 157 Å². The number of carboxylic acid groups (broad SMARTS) is 1. The molecule has 0 saturated heterocycles. The Morgan fingerprint density at radius 1 is 0.926 bits per heavy atom. The zero-order chi connectivity index (χ0) is 19.1. The van der Waals surface area contributed by atoms with Crippen LogP contribution >= 0.6 is 0 Å². The van der Waals surface area contributed by atoms with E-state index in [1.54, 1.807) is 0 Å². The highest BCUT2D eigenvalue weighted by Gasteiger charge is 2.21. The third kappa shape index (κ3) is 5.15. The van der Waals surface area contributed by atoms with E-state index in [0.29, 0.717) is 6.61 Å². The van der Waals surface area contributed by atoms with Gasteiger partial charge >= 0.3 is 5.97 Å². The first-order valence-electron chi connectivity index (χ1n) is 8.74. The first kappa shape index (κ1) is 18.6. The fraction of sp³-hybridized carbons (Fsp3) is 0.182. The molecule has 3 aromatic carbocycles. The molecule has 1 atom stereocenters. The molecule has 5 heteroatoms. The lowest BCUT2D eigenvalue weighted by Gasteiger charge is -2.16. The average molecular weight is 363 g/mol. The second-order valence-electron chi connectivity index (χ2n) is 6.28. The highest BCUT2D eigenvalue weighted by atomic mass is 16.5. The molecule has 3 rings (SSSR count). The Morgan fingerprint density at radius 2 is 1.63 bits per heavy atom. The van der Waals surface area contributed by atoms with Crippen LogP contribution in [0.5, 0.6) is 0 Å². The maximum absolute atomic E-state index is 12.1. The normalized spacial score (nSPS) is 11.9. The van der Waals surface area contributed by atoms with Crippen LogP contribution in [0, 0.1) is 0 Å². The molecular weight excluding hydrogens is 342 g/mol. The lowest BCUT2D eigenvalue weighted by atomic mass is 9.99. The van der Waals surface area contributed by atoms with Crippen molar-refractivity contribution in [3.8, 4) is 0 Å². The van der Waals surface area contributed by atoms with Gasteiger partial charge in [0, 0.05) is 6.42 Å². The van der Waals surface area contributed by atoms with Gasteiger partial charge in [-0.1, -0.05) is 72.8 Å². The fourth-order valence-corrected chi connectivity index (χ4v) is 2.96. The van der Waals surface area contributed by atoms with E-state index in [9.17, 15) is 14.7 Å². The second kappa shape index (κ2) is 8.96. The van der Waals surface area contributed by atoms with Crippen LogP contribution in [0.15, 0.2) is 72.8 Å². The van der Waals surface area contributed by atoms with Crippen molar-refractivity contribution >= 4 is 22.6 Å². The molecule has 0 aliphatic rings. The number of amides is 1. The Hall–Kier alpha value is -3.18. The van der Waals surface area contributed by atoms with Crippen LogP contribution in [0.4, 0.5) is 0 Å². The second-order valence-corrected chi connectivity index (χ2v) is 6.28. The smallest absolute Gasteiger partial charge is 0.326 e. The van der Waals surface area contributed by atoms with E-state index >= 15 is 0 Å². The molecule has 0 heterocycles. The number of ether oxygens (including phenoxy) is 1. The van der Waals surface area contributed by atoms with Crippen LogP contribution in [0.1, 0.15) is 11.1 Å². The van der Waals surface area contributed by atoms with Crippen LogP contribution < -0.4 is 5.32 Å². The molecule has 0 aliphatic carbocycles. The standard InChI is InChI=1S/C22H21NO4/c24-21(15-27-14-16-7-2-1-3-8-16)23-20(22(25)26)13-18-11-6-10-17-9-4-5-12-19(17)18/h1-12,20H,13-15H2,(H,23,24)(H,25,26)/t20-/m1/s1. The molecule has 0 saturated carbocycles. The van der Waals surface area contributed by atoms with Gasteiger partial charge < -0.3 is 15.2 Å². The monoisotopic (exact) mass is 363 g/mol. The van der Waals surface area contributed by atoms with Gasteiger partial charge in [-0.05, 0) is 21.9 Å². The van der Waals surface area contributed by atoms with E-state index in [1.807, 2.05) is 72.8 Å². The van der Waals surface area contributed by atoms with Crippen LogP contribution in [-0.2, 0) is 27.4 Å². The summed E-state index contributed by atoms with van der Waals surface area (Å²) in [7, 11) is 0. The number of fused-ring (bicyclic) bond motifs is 1. The summed E-state index contributed by atoms with van der Waals surface area (Å²) < 4.78 is 5.38. The van der Waals surface area contributed by atoms with Crippen LogP contribution in [0.25, 0.3) is 10.8 Å². The molecule has 0 aliphatic heterocycles. The van der Waals surface area contributed by atoms with Gasteiger partial charge in [0.05, 0.1) is 6.61 Å². The van der Waals surface area contributed by atoms with Gasteiger partial charge in [0.25, 0.3) is 0 Å². The Morgan fingerprint density at radius 3 is 2.41 bits per heavy atom. The van der Waals surface area contributed by atoms with Crippen LogP contribution in [0.2, 0.25) is 0 Å². The van der Waals surface area contributed by atoms with E-state index in [-0.39, 0.29) is 13.0 Å². The summed E-state index contributed by atoms with van der Waals surface area (Å²) in [5.41, 5.74) is 1.84. The van der Waals surface area contributed by atoms with Crippen molar-refractivity contribution in [2.24, 2.45) is 0 Å². The van der Waals surface area contributed by atoms with Crippen molar-refractivity contribution in [3.63, 3.8) is 0 Å². The number of hydrogen-bond acceptors (Lipinski definition) is 3. The summed E-state index contributed by atoms with van der Waals surface area (Å²) in [6.07, 6.45) is 0.209. The van der Waals surface area contributed by atoms with Crippen molar-refractivity contribution in [2.75, 3.05) is 6.61 Å². The predicted octanol–water partition coefficient (Wildman–Crippen LogP) is 3.17. The first-order chi connectivity index (χ1) is 13.1. The summed E-state index contributed by atoms with van der Waals surface area (Å²) in [5, 5.41) is 14.1. The summed E-state index contributed by atoms with van der Waals surface area (Å²) in [6, 6.07) is 22.0. The fourth-order valence-electron chi connectivity index (χ4n) is 2.96. The number of carbonyl (C=O) groups excluding carboxylic acids is 1. The van der Waals surface area contributed by atoms with E-state index in [1.165, 1.54) is 0 Å². The molecular formula is C22H21NO4. The molecule has 0 radical (unpaired) electrons. The van der Waals surface area contributed by atoms with E-state index < -0.39 is 17.9 Å². The molecule has 0 unspecified atom stereocenters. The summed E-state index contributed by atoms with van der Waals surface area (Å²) in [6.45, 7) is 0.115. The average Bonchev–Trinajstić information content (AvgIpc) is 2.68. The first-order valence-corrected chi connectivity index (χ1v) is 8.74. The van der Waals surface area contributed by atoms with Gasteiger partial charge in [0.1, 0.15) is 12.6 Å². The topological polar surface area (TPSA) is 75.6 Å². The molecule has 3 aromatic rings. The molecule has 0 aromatic heterocycles. The molecule has 138 valence electrons. The van der Waals surface area contributed by atoms with E-state index in [4.69, 9.17) is 4.74 Å². The molecule has 2 N–H and O–H groups in total. The predicted molar refractivity (Wildman–Crippen MR) is 103 cm³/mol. The SMILES string of the molecule is O=C(COCc1ccccc1)N[C@H](Cc1cccc2ccccc12)C(=O)O. The Bertz CT molecular complexity index is 919. The minimum atomic E-state index is -1.07. The zero-order valence-electron chi connectivity index (χ0n) is 14.8. The quantitative estimate of drug-likeness (QED) is 0.645. The molecule has 0 bridgehead atoms. The van der Waals surface area contributed by atoms with E-state index in [2.05, 4.69) is 5.32 Å². The number of carbonyl (C=O) groups is 2. The maximum atomic E-state index is 12.1. The molecule has 1 amide bonds. The third-order valence-corrected chi connectivity index (χ3v) is 4.28. The van der Waals surface area contributed by atoms with E-state index in [0.717, 1.165) is 21.9 Å². The molecule has 27 heavy (non-hydrogen) atoms. The summed E-state index contributed by atoms with van der Waals surface area (Å²) >= 11 is 0. The Kier molecular flexibility index (Phi) is 6.18. The van der Waals surface area contributed by atoms with Gasteiger partial charge in [-0.15, -0.1) is 0 Å². The number of carboxylic acids is 1.